The van der Waals surface area contributed by atoms with Gasteiger partial charge >= 0.3 is 0 Å². The molecule has 1 heterocycles. The average Bonchev–Trinajstić information content (AvgIpc) is 3.35. The van der Waals surface area contributed by atoms with Gasteiger partial charge in [-0.3, -0.25) is 0 Å². The van der Waals surface area contributed by atoms with Gasteiger partial charge in [-0.1, -0.05) is 46.3 Å². The van der Waals surface area contributed by atoms with Crippen LogP contribution in [0.15, 0.2) is 11.6 Å². The van der Waals surface area contributed by atoms with E-state index in [1.54, 1.807) is 0 Å². The molecule has 15 atom stereocenters. The molecule has 0 bridgehead atoms. The third-order valence-electron chi connectivity index (χ3n) is 14.9. The molecule has 5 fully saturated rings. The standard InChI is InChI=1S/C37H64O8/c1-21(2)10-9-14-37(8,44-20-25-31(42)32(43)30(41)24(19-38)45-25)22-11-16-36(7)29(22)23(39)18-27-34(5)15-13-28(40)33(3,4)26(34)12-17-35(27,36)6/h10,22-32,38-43H,9,11-20H2,1-8H3. The van der Waals surface area contributed by atoms with Crippen molar-refractivity contribution in [2.24, 2.45) is 45.3 Å². The van der Waals surface area contributed by atoms with E-state index >= 15 is 0 Å². The van der Waals surface area contributed by atoms with Crippen LogP contribution in [0.1, 0.15) is 113 Å². The van der Waals surface area contributed by atoms with E-state index < -0.39 is 48.8 Å². The highest BCUT2D eigenvalue weighted by Crippen LogP contribution is 2.76. The summed E-state index contributed by atoms with van der Waals surface area (Å²) in [6, 6.07) is 0. The Hall–Kier alpha value is -0.580. The molecule has 0 aromatic rings. The molecule has 0 aromatic carbocycles. The molecule has 0 amide bonds. The van der Waals surface area contributed by atoms with Gasteiger partial charge in [0.15, 0.2) is 0 Å². The second kappa shape index (κ2) is 12.4. The van der Waals surface area contributed by atoms with Crippen LogP contribution in [0, 0.1) is 45.3 Å². The van der Waals surface area contributed by atoms with Crippen molar-refractivity contribution in [1.29, 1.82) is 0 Å². The van der Waals surface area contributed by atoms with Crippen molar-refractivity contribution in [1.82, 2.24) is 0 Å². The zero-order valence-corrected chi connectivity index (χ0v) is 29.2. The Morgan fingerprint density at radius 3 is 2.13 bits per heavy atom. The first-order valence-electron chi connectivity index (χ1n) is 17.8. The van der Waals surface area contributed by atoms with Crippen molar-refractivity contribution in [3.8, 4) is 0 Å². The van der Waals surface area contributed by atoms with Crippen LogP contribution >= 0.6 is 0 Å². The van der Waals surface area contributed by atoms with Crippen molar-refractivity contribution in [2.45, 2.75) is 162 Å². The van der Waals surface area contributed by atoms with Crippen LogP contribution in [0.4, 0.5) is 0 Å². The first-order valence-corrected chi connectivity index (χ1v) is 17.8. The van der Waals surface area contributed by atoms with Crippen LogP contribution < -0.4 is 0 Å². The quantitative estimate of drug-likeness (QED) is 0.216. The molecule has 1 saturated heterocycles. The molecule has 1 aliphatic heterocycles. The van der Waals surface area contributed by atoms with Crippen molar-refractivity contribution < 1.29 is 40.1 Å². The minimum Gasteiger partial charge on any atom is -0.394 e. The van der Waals surface area contributed by atoms with Gasteiger partial charge in [-0.15, -0.1) is 0 Å². The number of ether oxygens (including phenoxy) is 2. The van der Waals surface area contributed by atoms with Gasteiger partial charge in [-0.05, 0) is 124 Å². The van der Waals surface area contributed by atoms with Crippen LogP contribution in [0.3, 0.4) is 0 Å². The van der Waals surface area contributed by atoms with Gasteiger partial charge in [0.2, 0.25) is 0 Å². The second-order valence-electron chi connectivity index (χ2n) is 17.6. The number of allylic oxidation sites excluding steroid dienone is 2. The van der Waals surface area contributed by atoms with E-state index in [0.717, 1.165) is 57.8 Å². The lowest BCUT2D eigenvalue weighted by atomic mass is 9.35. The van der Waals surface area contributed by atoms with Gasteiger partial charge in [0.1, 0.15) is 30.5 Å². The number of hydrogen-bond donors (Lipinski definition) is 6. The Morgan fingerprint density at radius 2 is 1.49 bits per heavy atom. The molecule has 8 nitrogen and oxygen atoms in total. The molecular weight excluding hydrogens is 572 g/mol. The highest BCUT2D eigenvalue weighted by atomic mass is 16.6. The van der Waals surface area contributed by atoms with Crippen LogP contribution in [-0.4, -0.2) is 92.2 Å². The lowest BCUT2D eigenvalue weighted by Gasteiger charge is -2.70. The van der Waals surface area contributed by atoms with E-state index in [9.17, 15) is 30.6 Å². The van der Waals surface area contributed by atoms with Gasteiger partial charge in [0.25, 0.3) is 0 Å². The maximum absolute atomic E-state index is 12.3. The fourth-order valence-corrected chi connectivity index (χ4v) is 12.0. The third-order valence-corrected chi connectivity index (χ3v) is 14.9. The molecular formula is C37H64O8. The van der Waals surface area contributed by atoms with Crippen LogP contribution in [0.2, 0.25) is 0 Å². The molecule has 5 rings (SSSR count). The number of aliphatic hydroxyl groups is 6. The lowest BCUT2D eigenvalue weighted by Crippen LogP contribution is -2.66. The van der Waals surface area contributed by atoms with E-state index in [-0.39, 0.29) is 46.2 Å². The highest BCUT2D eigenvalue weighted by molar-refractivity contribution is 5.20. The predicted octanol–water partition coefficient (Wildman–Crippen LogP) is 4.37. The van der Waals surface area contributed by atoms with Gasteiger partial charge in [0.05, 0.1) is 31.0 Å². The van der Waals surface area contributed by atoms with Crippen molar-refractivity contribution >= 4 is 0 Å². The molecule has 6 N–H and O–H groups in total. The third kappa shape index (κ3) is 5.59. The molecule has 5 aliphatic rings. The van der Waals surface area contributed by atoms with Gasteiger partial charge in [-0.25, -0.2) is 0 Å². The van der Waals surface area contributed by atoms with Crippen LogP contribution in [0.5, 0.6) is 0 Å². The van der Waals surface area contributed by atoms with Gasteiger partial charge in [0, 0.05) is 0 Å². The zero-order chi connectivity index (χ0) is 33.3. The summed E-state index contributed by atoms with van der Waals surface area (Å²) in [4.78, 5) is 0. The lowest BCUT2D eigenvalue weighted by molar-refractivity contribution is -0.260. The Morgan fingerprint density at radius 1 is 0.844 bits per heavy atom. The summed E-state index contributed by atoms with van der Waals surface area (Å²) in [7, 11) is 0. The van der Waals surface area contributed by atoms with Crippen molar-refractivity contribution in [3.05, 3.63) is 11.6 Å². The van der Waals surface area contributed by atoms with Crippen molar-refractivity contribution in [3.63, 3.8) is 0 Å². The SMILES string of the molecule is CC(C)=CCCC(C)(OCC1OC(CO)C(O)C(O)C1O)C1CCC2(C)C1C(O)CC1C3(C)CCC(O)C(C)(C)C3CCC12C. The molecule has 8 heteroatoms. The molecule has 4 saturated carbocycles. The molecule has 0 spiro atoms. The average molecular weight is 637 g/mol. The number of fused-ring (bicyclic) bond motifs is 5. The van der Waals surface area contributed by atoms with E-state index in [4.69, 9.17) is 9.47 Å². The van der Waals surface area contributed by atoms with Crippen LogP contribution in [0.25, 0.3) is 0 Å². The largest absolute Gasteiger partial charge is 0.394 e. The van der Waals surface area contributed by atoms with E-state index in [1.807, 2.05) is 0 Å². The smallest absolute Gasteiger partial charge is 0.111 e. The summed E-state index contributed by atoms with van der Waals surface area (Å²) in [5.41, 5.74) is 0.494. The molecule has 4 aliphatic carbocycles. The van der Waals surface area contributed by atoms with Crippen LogP contribution in [-0.2, 0) is 9.47 Å². The minimum atomic E-state index is -1.43. The summed E-state index contributed by atoms with van der Waals surface area (Å²) >= 11 is 0. The summed E-state index contributed by atoms with van der Waals surface area (Å²) in [6.07, 6.45) is 3.73. The Bertz CT molecular complexity index is 1090. The fourth-order valence-electron chi connectivity index (χ4n) is 12.0. The fraction of sp³-hybridized carbons (Fsp3) is 0.946. The predicted molar refractivity (Wildman–Crippen MR) is 173 cm³/mol. The summed E-state index contributed by atoms with van der Waals surface area (Å²) < 4.78 is 12.6. The molecule has 260 valence electrons. The monoisotopic (exact) mass is 636 g/mol. The summed E-state index contributed by atoms with van der Waals surface area (Å²) in [5, 5.41) is 64.5. The number of rotatable bonds is 8. The maximum Gasteiger partial charge on any atom is 0.111 e. The Labute approximate surface area is 271 Å². The van der Waals surface area contributed by atoms with Gasteiger partial charge < -0.3 is 40.1 Å². The van der Waals surface area contributed by atoms with E-state index in [1.165, 1.54) is 5.57 Å². The summed E-state index contributed by atoms with van der Waals surface area (Å²) in [6.45, 7) is 17.8. The highest BCUT2D eigenvalue weighted by Gasteiger charge is 2.71. The topological polar surface area (TPSA) is 140 Å². The molecule has 45 heavy (non-hydrogen) atoms. The summed E-state index contributed by atoms with van der Waals surface area (Å²) in [5.74, 6) is 0.929. The molecule has 0 aromatic heterocycles. The first kappa shape index (κ1) is 35.7. The van der Waals surface area contributed by atoms with E-state index in [2.05, 4.69) is 61.5 Å². The Balaban J connectivity index is 1.44. The number of hydrogen-bond acceptors (Lipinski definition) is 8. The van der Waals surface area contributed by atoms with E-state index in [0.29, 0.717) is 11.8 Å². The normalized spacial score (nSPS) is 50.6. The Kier molecular flexibility index (Phi) is 9.83. The first-order chi connectivity index (χ1) is 20.9. The molecule has 0 radical (unpaired) electrons. The van der Waals surface area contributed by atoms with Crippen molar-refractivity contribution in [2.75, 3.05) is 13.2 Å². The minimum absolute atomic E-state index is 0.0137. The second-order valence-corrected chi connectivity index (χ2v) is 17.6. The number of aliphatic hydroxyl groups excluding tert-OH is 6. The zero-order valence-electron chi connectivity index (χ0n) is 29.2. The maximum atomic E-state index is 12.3. The van der Waals surface area contributed by atoms with Gasteiger partial charge in [-0.2, -0.15) is 0 Å². The molecule has 15 unspecified atom stereocenters.